The van der Waals surface area contributed by atoms with Crippen LogP contribution in [-0.2, 0) is 21.2 Å². The molecule has 0 bridgehead atoms. The number of aromatic nitrogens is 1. The van der Waals surface area contributed by atoms with Gasteiger partial charge in [0.2, 0.25) is 0 Å². The van der Waals surface area contributed by atoms with Gasteiger partial charge >= 0.3 is 0 Å². The molecule has 10 heteroatoms. The third kappa shape index (κ3) is 4.17. The number of hydrogen-bond donors (Lipinski definition) is 3. The number of hydroxylamine groups is 1. The summed E-state index contributed by atoms with van der Waals surface area (Å²) in [6.07, 6.45) is 2.01. The standard InChI is InChI=1S/C17H19FN2O6S/c1-17(16(23)19-24,27(2,25)26)6-8-20-7-5-12(10-15(20)22)11-3-4-14(21)13(18)9-11/h3-5,7,9-10,21,24H,6,8H2,1-2H3,(H,19,23). The van der Waals surface area contributed by atoms with Crippen molar-refractivity contribution in [2.45, 2.75) is 24.6 Å². The van der Waals surface area contributed by atoms with Crippen LogP contribution >= 0.6 is 0 Å². The van der Waals surface area contributed by atoms with Gasteiger partial charge in [-0.05, 0) is 42.7 Å². The summed E-state index contributed by atoms with van der Waals surface area (Å²) in [7, 11) is -3.87. The molecule has 0 fully saturated rings. The van der Waals surface area contributed by atoms with Gasteiger partial charge in [-0.1, -0.05) is 6.07 Å². The zero-order valence-corrected chi connectivity index (χ0v) is 15.5. The summed E-state index contributed by atoms with van der Waals surface area (Å²) in [6, 6.07) is 6.46. The van der Waals surface area contributed by atoms with Gasteiger partial charge in [-0.2, -0.15) is 0 Å². The van der Waals surface area contributed by atoms with E-state index in [-0.39, 0.29) is 13.0 Å². The van der Waals surface area contributed by atoms with E-state index in [0.717, 1.165) is 19.2 Å². The molecule has 27 heavy (non-hydrogen) atoms. The van der Waals surface area contributed by atoms with Crippen LogP contribution in [0.1, 0.15) is 13.3 Å². The number of benzene rings is 1. The van der Waals surface area contributed by atoms with Crippen molar-refractivity contribution in [1.29, 1.82) is 0 Å². The molecule has 8 nitrogen and oxygen atoms in total. The number of nitrogens with one attached hydrogen (secondary N) is 1. The Morgan fingerprint density at radius 3 is 2.41 bits per heavy atom. The maximum Gasteiger partial charge on any atom is 0.264 e. The molecule has 0 radical (unpaired) electrons. The zero-order chi connectivity index (χ0) is 20.4. The molecule has 3 N–H and O–H groups in total. The number of carbonyl (C=O) groups excluding carboxylic acids is 1. The summed E-state index contributed by atoms with van der Waals surface area (Å²) in [5.74, 6) is -2.42. The number of aromatic hydroxyl groups is 1. The monoisotopic (exact) mass is 398 g/mol. The minimum Gasteiger partial charge on any atom is -0.505 e. The lowest BCUT2D eigenvalue weighted by atomic mass is 10.1. The summed E-state index contributed by atoms with van der Waals surface area (Å²) in [4.78, 5) is 24.1. The summed E-state index contributed by atoms with van der Waals surface area (Å²) in [6.45, 7) is 1.06. The van der Waals surface area contributed by atoms with Gasteiger partial charge in [0.1, 0.15) is 0 Å². The van der Waals surface area contributed by atoms with Gasteiger partial charge in [-0.15, -0.1) is 0 Å². The van der Waals surface area contributed by atoms with E-state index in [1.807, 2.05) is 0 Å². The van der Waals surface area contributed by atoms with Crippen molar-refractivity contribution in [2.24, 2.45) is 0 Å². The van der Waals surface area contributed by atoms with Crippen LogP contribution in [-0.4, -0.2) is 40.2 Å². The molecule has 1 heterocycles. The fourth-order valence-electron chi connectivity index (χ4n) is 2.48. The number of amides is 1. The molecule has 1 atom stereocenters. The highest BCUT2D eigenvalue weighted by molar-refractivity contribution is 7.92. The van der Waals surface area contributed by atoms with Crippen molar-refractivity contribution in [1.82, 2.24) is 10.0 Å². The molecular weight excluding hydrogens is 379 g/mol. The van der Waals surface area contributed by atoms with Crippen LogP contribution in [0.5, 0.6) is 5.75 Å². The summed E-state index contributed by atoms with van der Waals surface area (Å²) in [5.41, 5.74) is 1.65. The molecule has 1 amide bonds. The molecule has 1 unspecified atom stereocenters. The van der Waals surface area contributed by atoms with Crippen molar-refractivity contribution in [3.05, 3.63) is 52.7 Å². The van der Waals surface area contributed by atoms with Crippen LogP contribution < -0.4 is 11.0 Å². The molecule has 146 valence electrons. The maximum atomic E-state index is 13.5. The zero-order valence-electron chi connectivity index (χ0n) is 14.6. The van der Waals surface area contributed by atoms with E-state index in [4.69, 9.17) is 5.21 Å². The molecule has 1 aromatic carbocycles. The van der Waals surface area contributed by atoms with Gasteiger partial charge in [-0.3, -0.25) is 14.8 Å². The van der Waals surface area contributed by atoms with Crippen molar-refractivity contribution in [2.75, 3.05) is 6.26 Å². The van der Waals surface area contributed by atoms with Gasteiger partial charge in [-0.25, -0.2) is 18.3 Å². The second kappa shape index (κ2) is 7.49. The van der Waals surface area contributed by atoms with Crippen LogP contribution in [0, 0.1) is 5.82 Å². The number of carbonyl (C=O) groups is 1. The Bertz CT molecular complexity index is 1030. The lowest BCUT2D eigenvalue weighted by Crippen LogP contribution is -2.49. The predicted octanol–water partition coefficient (Wildman–Crippen LogP) is 1.06. The Labute approximate surface area is 154 Å². The third-order valence-electron chi connectivity index (χ3n) is 4.51. The number of sulfone groups is 1. The van der Waals surface area contributed by atoms with E-state index in [1.165, 1.54) is 40.5 Å². The Hall–Kier alpha value is -2.72. The highest BCUT2D eigenvalue weighted by Crippen LogP contribution is 2.25. The lowest BCUT2D eigenvalue weighted by molar-refractivity contribution is -0.131. The number of nitrogens with zero attached hydrogens (tertiary/aromatic N) is 1. The molecule has 0 aliphatic carbocycles. The molecule has 0 aliphatic rings. The van der Waals surface area contributed by atoms with Crippen molar-refractivity contribution < 1.29 is 27.9 Å². The van der Waals surface area contributed by atoms with Gasteiger partial charge in [0.05, 0.1) is 0 Å². The summed E-state index contributed by atoms with van der Waals surface area (Å²) in [5, 5.41) is 18.0. The molecule has 0 saturated carbocycles. The average Bonchev–Trinajstić information content (AvgIpc) is 2.60. The van der Waals surface area contributed by atoms with E-state index in [1.54, 1.807) is 0 Å². The van der Waals surface area contributed by atoms with E-state index in [2.05, 4.69) is 0 Å². The number of phenols is 1. The van der Waals surface area contributed by atoms with Crippen molar-refractivity contribution in [3.8, 4) is 16.9 Å². The fraction of sp³-hybridized carbons (Fsp3) is 0.294. The maximum absolute atomic E-state index is 13.5. The van der Waals surface area contributed by atoms with Crippen molar-refractivity contribution in [3.63, 3.8) is 0 Å². The summed E-state index contributed by atoms with van der Waals surface area (Å²) >= 11 is 0. The summed E-state index contributed by atoms with van der Waals surface area (Å²) < 4.78 is 36.6. The molecule has 0 spiro atoms. The predicted molar refractivity (Wildman–Crippen MR) is 95.6 cm³/mol. The fourth-order valence-corrected chi connectivity index (χ4v) is 3.32. The first kappa shape index (κ1) is 20.6. The van der Waals surface area contributed by atoms with E-state index in [0.29, 0.717) is 11.1 Å². The molecule has 0 aliphatic heterocycles. The quantitative estimate of drug-likeness (QED) is 0.493. The second-order valence-electron chi connectivity index (χ2n) is 6.31. The van der Waals surface area contributed by atoms with Gasteiger partial charge < -0.3 is 9.67 Å². The van der Waals surface area contributed by atoms with Gasteiger partial charge in [0, 0.05) is 25.1 Å². The number of phenolic OH excluding ortho intramolecular Hbond substituents is 1. The van der Waals surface area contributed by atoms with Crippen LogP contribution in [0.25, 0.3) is 11.1 Å². The van der Waals surface area contributed by atoms with Crippen molar-refractivity contribution >= 4 is 15.7 Å². The third-order valence-corrected chi connectivity index (χ3v) is 6.53. The number of hydrogen-bond acceptors (Lipinski definition) is 6. The van der Waals surface area contributed by atoms with Crippen LogP contribution in [0.2, 0.25) is 0 Å². The number of rotatable bonds is 6. The first-order valence-electron chi connectivity index (χ1n) is 7.83. The van der Waals surface area contributed by atoms with E-state index < -0.39 is 37.6 Å². The normalized spacial score (nSPS) is 13.8. The topological polar surface area (TPSA) is 126 Å². The highest BCUT2D eigenvalue weighted by atomic mass is 32.2. The van der Waals surface area contributed by atoms with Crippen LogP contribution in [0.4, 0.5) is 4.39 Å². The Kier molecular flexibility index (Phi) is 5.71. The smallest absolute Gasteiger partial charge is 0.264 e. The average molecular weight is 398 g/mol. The number of aryl methyl sites for hydroxylation is 1. The minimum atomic E-state index is -3.87. The first-order chi connectivity index (χ1) is 12.5. The van der Waals surface area contributed by atoms with E-state index in [9.17, 15) is 27.5 Å². The van der Waals surface area contributed by atoms with Crippen LogP contribution in [0.15, 0.2) is 41.3 Å². The van der Waals surface area contributed by atoms with Crippen LogP contribution in [0.3, 0.4) is 0 Å². The Morgan fingerprint density at radius 1 is 1.26 bits per heavy atom. The Morgan fingerprint density at radius 2 is 1.89 bits per heavy atom. The molecule has 2 aromatic rings. The first-order valence-corrected chi connectivity index (χ1v) is 9.72. The number of pyridine rings is 1. The molecule has 0 saturated heterocycles. The van der Waals surface area contributed by atoms with Gasteiger partial charge in [0.25, 0.3) is 11.5 Å². The molecule has 1 aromatic heterocycles. The molecule has 2 rings (SSSR count). The lowest BCUT2D eigenvalue weighted by Gasteiger charge is -2.25. The minimum absolute atomic E-state index is 0.0972. The van der Waals surface area contributed by atoms with E-state index >= 15 is 0 Å². The SMILES string of the molecule is CC(CCn1ccc(-c2ccc(O)c(F)c2)cc1=O)(C(=O)NO)S(C)(=O)=O. The number of halogens is 1. The largest absolute Gasteiger partial charge is 0.505 e. The Balaban J connectivity index is 2.29. The molecular formula is C17H19FN2O6S. The highest BCUT2D eigenvalue weighted by Gasteiger charge is 2.43. The second-order valence-corrected chi connectivity index (χ2v) is 8.75. The van der Waals surface area contributed by atoms with Gasteiger partial charge in [0.15, 0.2) is 26.2 Å².